The Kier molecular flexibility index (Phi) is 6.19. The number of hydrogen-bond donors (Lipinski definition) is 3. The number of esters is 1. The van der Waals surface area contributed by atoms with Crippen molar-refractivity contribution >= 4 is 34.3 Å². The van der Waals surface area contributed by atoms with E-state index in [4.69, 9.17) is 9.84 Å². The predicted molar refractivity (Wildman–Crippen MR) is 90.5 cm³/mol. The first-order chi connectivity index (χ1) is 11.4. The Bertz CT molecular complexity index is 620. The number of amides is 2. The summed E-state index contributed by atoms with van der Waals surface area (Å²) >= 11 is 1.31. The third kappa shape index (κ3) is 4.70. The van der Waals surface area contributed by atoms with Crippen molar-refractivity contribution in [1.82, 2.24) is 5.32 Å². The zero-order valence-electron chi connectivity index (χ0n) is 13.8. The summed E-state index contributed by atoms with van der Waals surface area (Å²) in [4.78, 5) is 35.9. The molecule has 7 nitrogen and oxygen atoms in total. The highest BCUT2D eigenvalue weighted by Crippen LogP contribution is 2.29. The number of nitrogens with one attached hydrogen (secondary N) is 2. The minimum absolute atomic E-state index is 0.0484. The topological polar surface area (TPSA) is 105 Å². The first kappa shape index (κ1) is 18.3. The Hall–Kier alpha value is -2.09. The highest BCUT2D eigenvalue weighted by atomic mass is 32.1. The van der Waals surface area contributed by atoms with Gasteiger partial charge in [-0.05, 0) is 45.6 Å². The summed E-state index contributed by atoms with van der Waals surface area (Å²) < 4.78 is 4.99. The zero-order valence-corrected chi connectivity index (χ0v) is 14.6. The second kappa shape index (κ2) is 8.14. The number of aliphatic carboxylic acids is 1. The van der Waals surface area contributed by atoms with Crippen molar-refractivity contribution in [3.05, 3.63) is 16.5 Å². The molecular weight excluding hydrogens is 332 g/mol. The summed E-state index contributed by atoms with van der Waals surface area (Å²) in [6.45, 7) is 3.85. The molecule has 1 heterocycles. The van der Waals surface area contributed by atoms with Crippen LogP contribution in [-0.2, 0) is 9.53 Å². The fourth-order valence-corrected chi connectivity index (χ4v) is 3.67. The van der Waals surface area contributed by atoms with Crippen molar-refractivity contribution in [3.63, 3.8) is 0 Å². The van der Waals surface area contributed by atoms with E-state index in [1.165, 1.54) is 11.3 Å². The molecule has 1 aliphatic carbocycles. The summed E-state index contributed by atoms with van der Waals surface area (Å²) in [5.74, 6) is -1.55. The molecule has 0 aromatic carbocycles. The van der Waals surface area contributed by atoms with Crippen LogP contribution in [0.2, 0.25) is 0 Å². The molecule has 132 valence electrons. The summed E-state index contributed by atoms with van der Waals surface area (Å²) in [6, 6.07) is 1.25. The number of carboxylic acids is 1. The van der Waals surface area contributed by atoms with Gasteiger partial charge in [0.25, 0.3) is 0 Å². The maximum Gasteiger partial charge on any atom is 0.341 e. The van der Waals surface area contributed by atoms with Crippen molar-refractivity contribution in [1.29, 1.82) is 0 Å². The number of aryl methyl sites for hydroxylation is 1. The lowest BCUT2D eigenvalue weighted by Crippen LogP contribution is -2.41. The second-order valence-electron chi connectivity index (χ2n) is 5.81. The highest BCUT2D eigenvalue weighted by molar-refractivity contribution is 7.16. The van der Waals surface area contributed by atoms with Crippen molar-refractivity contribution in [2.24, 2.45) is 5.92 Å². The molecule has 0 aliphatic heterocycles. The van der Waals surface area contributed by atoms with Crippen LogP contribution in [0.1, 0.15) is 47.8 Å². The van der Waals surface area contributed by atoms with E-state index >= 15 is 0 Å². The van der Waals surface area contributed by atoms with Crippen molar-refractivity contribution in [3.8, 4) is 0 Å². The number of hydrogen-bond acceptors (Lipinski definition) is 5. The number of anilines is 1. The van der Waals surface area contributed by atoms with E-state index in [0.717, 1.165) is 4.88 Å². The number of rotatable bonds is 5. The summed E-state index contributed by atoms with van der Waals surface area (Å²) in [7, 11) is 0. The lowest BCUT2D eigenvalue weighted by atomic mass is 9.86. The van der Waals surface area contributed by atoms with Crippen LogP contribution >= 0.6 is 11.3 Å². The average molecular weight is 354 g/mol. The Balaban J connectivity index is 1.91. The van der Waals surface area contributed by atoms with Crippen molar-refractivity contribution in [2.45, 2.75) is 45.6 Å². The normalized spacial score (nSPS) is 20.2. The summed E-state index contributed by atoms with van der Waals surface area (Å²) in [5, 5.41) is 15.0. The largest absolute Gasteiger partial charge is 0.481 e. The Morgan fingerprint density at radius 2 is 1.96 bits per heavy atom. The van der Waals surface area contributed by atoms with Crippen LogP contribution in [0, 0.1) is 12.8 Å². The van der Waals surface area contributed by atoms with Gasteiger partial charge in [0, 0.05) is 10.9 Å². The molecule has 1 aliphatic rings. The van der Waals surface area contributed by atoms with Crippen LogP contribution in [-0.4, -0.2) is 35.7 Å². The van der Waals surface area contributed by atoms with Crippen LogP contribution in [0.15, 0.2) is 6.07 Å². The lowest BCUT2D eigenvalue weighted by Gasteiger charge is -2.26. The van der Waals surface area contributed by atoms with E-state index in [1.807, 2.05) is 6.92 Å². The van der Waals surface area contributed by atoms with E-state index < -0.39 is 11.9 Å². The highest BCUT2D eigenvalue weighted by Gasteiger charge is 2.27. The van der Waals surface area contributed by atoms with E-state index in [-0.39, 0.29) is 24.6 Å². The first-order valence-electron chi connectivity index (χ1n) is 7.98. The third-order valence-corrected chi connectivity index (χ3v) is 4.96. The molecule has 0 saturated heterocycles. The van der Waals surface area contributed by atoms with E-state index in [1.54, 1.807) is 13.0 Å². The third-order valence-electron chi connectivity index (χ3n) is 3.99. The first-order valence-corrected chi connectivity index (χ1v) is 8.80. The van der Waals surface area contributed by atoms with Gasteiger partial charge in [-0.2, -0.15) is 0 Å². The number of carbonyl (C=O) groups is 3. The van der Waals surface area contributed by atoms with Gasteiger partial charge in [0.1, 0.15) is 5.00 Å². The standard InChI is InChI=1S/C16H22N2O5S/c1-3-23-15(21)12-8-9(2)24-13(12)18-16(22)17-11-6-4-10(5-7-11)14(19)20/h8,10-11H,3-7H2,1-2H3,(H,19,20)(H2,17,18,22). The van der Waals surface area contributed by atoms with E-state index in [9.17, 15) is 14.4 Å². The zero-order chi connectivity index (χ0) is 17.7. The predicted octanol–water partition coefficient (Wildman–Crippen LogP) is 3.00. The quantitative estimate of drug-likeness (QED) is 0.705. The average Bonchev–Trinajstić information content (AvgIpc) is 2.88. The van der Waals surface area contributed by atoms with E-state index in [2.05, 4.69) is 10.6 Å². The van der Waals surface area contributed by atoms with Crippen LogP contribution in [0.4, 0.5) is 9.80 Å². The van der Waals surface area contributed by atoms with Gasteiger partial charge in [0.15, 0.2) is 0 Å². The molecule has 0 atom stereocenters. The van der Waals surface area contributed by atoms with E-state index in [0.29, 0.717) is 36.2 Å². The van der Waals surface area contributed by atoms with Gasteiger partial charge in [-0.1, -0.05) is 0 Å². The Morgan fingerprint density at radius 1 is 1.29 bits per heavy atom. The van der Waals surface area contributed by atoms with Gasteiger partial charge in [-0.15, -0.1) is 11.3 Å². The molecule has 3 N–H and O–H groups in total. The molecular formula is C16H22N2O5S. The van der Waals surface area contributed by atoms with Crippen LogP contribution in [0.5, 0.6) is 0 Å². The van der Waals surface area contributed by atoms with Gasteiger partial charge in [0.05, 0.1) is 18.1 Å². The number of carboxylic acid groups (broad SMARTS) is 1. The molecule has 0 unspecified atom stereocenters. The van der Waals surface area contributed by atoms with Crippen LogP contribution in [0.3, 0.4) is 0 Å². The molecule has 8 heteroatoms. The fourth-order valence-electron chi connectivity index (χ4n) is 2.78. The molecule has 1 aromatic heterocycles. The SMILES string of the molecule is CCOC(=O)c1cc(C)sc1NC(=O)NC1CCC(C(=O)O)CC1. The number of carbonyl (C=O) groups excluding carboxylic acids is 2. The molecule has 1 aromatic rings. The molecule has 0 spiro atoms. The summed E-state index contributed by atoms with van der Waals surface area (Å²) in [6.07, 6.45) is 2.40. The molecule has 1 fully saturated rings. The molecule has 24 heavy (non-hydrogen) atoms. The number of ether oxygens (including phenoxy) is 1. The van der Waals surface area contributed by atoms with Crippen molar-refractivity contribution < 1.29 is 24.2 Å². The Morgan fingerprint density at radius 3 is 2.54 bits per heavy atom. The van der Waals surface area contributed by atoms with Crippen LogP contribution < -0.4 is 10.6 Å². The molecule has 2 amide bonds. The summed E-state index contributed by atoms with van der Waals surface area (Å²) in [5.41, 5.74) is 0.351. The maximum absolute atomic E-state index is 12.2. The molecule has 1 saturated carbocycles. The van der Waals surface area contributed by atoms with Gasteiger partial charge in [0.2, 0.25) is 0 Å². The molecule has 0 radical (unpaired) electrons. The minimum atomic E-state index is -0.772. The van der Waals surface area contributed by atoms with Crippen LogP contribution in [0.25, 0.3) is 0 Å². The van der Waals surface area contributed by atoms with Gasteiger partial charge < -0.3 is 15.2 Å². The smallest absolute Gasteiger partial charge is 0.341 e. The number of urea groups is 1. The molecule has 0 bridgehead atoms. The Labute approximate surface area is 144 Å². The molecule has 2 rings (SSSR count). The monoisotopic (exact) mass is 354 g/mol. The fraction of sp³-hybridized carbons (Fsp3) is 0.562. The van der Waals surface area contributed by atoms with Gasteiger partial charge in [-0.25, -0.2) is 9.59 Å². The number of thiophene rings is 1. The maximum atomic E-state index is 12.2. The second-order valence-corrected chi connectivity index (χ2v) is 7.06. The van der Waals surface area contributed by atoms with Crippen molar-refractivity contribution in [2.75, 3.05) is 11.9 Å². The lowest BCUT2D eigenvalue weighted by molar-refractivity contribution is -0.142. The van der Waals surface area contributed by atoms with Gasteiger partial charge >= 0.3 is 18.0 Å². The minimum Gasteiger partial charge on any atom is -0.481 e. The van der Waals surface area contributed by atoms with Gasteiger partial charge in [-0.3, -0.25) is 10.1 Å².